The molecule has 220 valence electrons. The van der Waals surface area contributed by atoms with E-state index in [-0.39, 0.29) is 21.8 Å². The number of rotatable bonds is 12. The van der Waals surface area contributed by atoms with Crippen LogP contribution in [-0.2, 0) is 14.8 Å². The zero-order valence-electron chi connectivity index (χ0n) is 21.3. The number of nitrogens with zero attached hydrogens (tertiary/aromatic N) is 2. The van der Waals surface area contributed by atoms with Gasteiger partial charge in [0.2, 0.25) is 10.0 Å². The molecule has 0 spiro atoms. The van der Waals surface area contributed by atoms with Crippen molar-refractivity contribution in [3.8, 4) is 11.5 Å². The van der Waals surface area contributed by atoms with E-state index < -0.39 is 76.8 Å². The van der Waals surface area contributed by atoms with Gasteiger partial charge in [0.1, 0.15) is 24.1 Å². The number of nitrogens with two attached hydrogens (primary N) is 2. The van der Waals surface area contributed by atoms with Crippen molar-refractivity contribution < 1.29 is 52.3 Å². The highest BCUT2D eigenvalue weighted by Gasteiger charge is 2.33. The Morgan fingerprint density at radius 2 is 1.57 bits per heavy atom. The number of carbonyl (C=O) groups excluding carboxylic acids is 1. The SMILES string of the molecule is C/C(=C\c1cc(F)c(Oc2ccc(S(=O)(=O)N(C)CC(O)C(O)C(O)C(O)CO)cc2)c(F)c1)C(=O)N=C(N)N. The second-order valence-electron chi connectivity index (χ2n) is 8.64. The van der Waals surface area contributed by atoms with Crippen molar-refractivity contribution in [2.75, 3.05) is 20.2 Å². The normalized spacial score (nSPS) is 15.3. The molecular weight excluding hydrogens is 558 g/mol. The van der Waals surface area contributed by atoms with Crippen molar-refractivity contribution in [1.82, 2.24) is 4.31 Å². The summed E-state index contributed by atoms with van der Waals surface area (Å²) in [6, 6.07) is 6.18. The van der Waals surface area contributed by atoms with E-state index in [0.29, 0.717) is 4.31 Å². The van der Waals surface area contributed by atoms with Gasteiger partial charge in [-0.05, 0) is 55.0 Å². The molecule has 16 heteroatoms. The van der Waals surface area contributed by atoms with Gasteiger partial charge in [-0.3, -0.25) is 4.79 Å². The number of ether oxygens (including phenoxy) is 1. The summed E-state index contributed by atoms with van der Waals surface area (Å²) >= 11 is 0. The van der Waals surface area contributed by atoms with Gasteiger partial charge in [-0.2, -0.15) is 9.30 Å². The lowest BCUT2D eigenvalue weighted by Crippen LogP contribution is -2.49. The van der Waals surface area contributed by atoms with E-state index in [4.69, 9.17) is 21.3 Å². The molecule has 2 rings (SSSR count). The number of carbonyl (C=O) groups is 1. The van der Waals surface area contributed by atoms with Gasteiger partial charge < -0.3 is 41.7 Å². The molecule has 2 aromatic carbocycles. The molecule has 0 aliphatic heterocycles. The lowest BCUT2D eigenvalue weighted by Gasteiger charge is -2.28. The maximum Gasteiger partial charge on any atom is 0.275 e. The summed E-state index contributed by atoms with van der Waals surface area (Å²) in [5, 5.41) is 47.9. The second-order valence-corrected chi connectivity index (χ2v) is 10.7. The van der Waals surface area contributed by atoms with Gasteiger partial charge in [-0.1, -0.05) is 0 Å². The van der Waals surface area contributed by atoms with E-state index >= 15 is 0 Å². The molecule has 0 radical (unpaired) electrons. The van der Waals surface area contributed by atoms with Crippen molar-refractivity contribution in [2.45, 2.75) is 36.2 Å². The zero-order chi connectivity index (χ0) is 30.4. The number of amides is 1. The lowest BCUT2D eigenvalue weighted by molar-refractivity contribution is -0.116. The molecule has 4 unspecified atom stereocenters. The Bertz CT molecular complexity index is 1340. The molecule has 0 aromatic heterocycles. The van der Waals surface area contributed by atoms with Crippen molar-refractivity contribution in [2.24, 2.45) is 16.5 Å². The highest BCUT2D eigenvalue weighted by atomic mass is 32.2. The van der Waals surface area contributed by atoms with Crippen LogP contribution in [0.1, 0.15) is 12.5 Å². The molecule has 40 heavy (non-hydrogen) atoms. The van der Waals surface area contributed by atoms with E-state index in [1.807, 2.05) is 0 Å². The maximum atomic E-state index is 14.6. The number of hydrogen-bond acceptors (Lipinski definition) is 9. The molecular formula is C24H30F2N4O9S. The van der Waals surface area contributed by atoms with Gasteiger partial charge >= 0.3 is 0 Å². The topological polar surface area (TPSA) is 229 Å². The second kappa shape index (κ2) is 13.7. The molecule has 0 fully saturated rings. The smallest absolute Gasteiger partial charge is 0.275 e. The molecule has 2 aromatic rings. The van der Waals surface area contributed by atoms with Crippen LogP contribution in [0.5, 0.6) is 11.5 Å². The van der Waals surface area contributed by atoms with Gasteiger partial charge in [0.05, 0.1) is 17.6 Å². The van der Waals surface area contributed by atoms with Gasteiger partial charge in [0.15, 0.2) is 23.3 Å². The predicted octanol–water partition coefficient (Wildman–Crippen LogP) is -0.983. The van der Waals surface area contributed by atoms with Gasteiger partial charge in [-0.25, -0.2) is 17.2 Å². The number of hydrogen-bond donors (Lipinski definition) is 7. The first-order valence-electron chi connectivity index (χ1n) is 11.5. The van der Waals surface area contributed by atoms with E-state index in [2.05, 4.69) is 4.99 Å². The van der Waals surface area contributed by atoms with Crippen LogP contribution in [0.4, 0.5) is 8.78 Å². The van der Waals surface area contributed by atoms with Crippen molar-refractivity contribution in [1.29, 1.82) is 0 Å². The highest BCUT2D eigenvalue weighted by Crippen LogP contribution is 2.30. The molecule has 0 heterocycles. The predicted molar refractivity (Wildman–Crippen MR) is 138 cm³/mol. The number of benzene rings is 2. The third-order valence-electron chi connectivity index (χ3n) is 5.49. The minimum absolute atomic E-state index is 0.00333. The van der Waals surface area contributed by atoms with Crippen LogP contribution in [-0.4, -0.2) is 94.7 Å². The number of likely N-dealkylation sites (N-methyl/N-ethyl adjacent to an activating group) is 1. The fourth-order valence-electron chi connectivity index (χ4n) is 3.29. The Labute approximate surface area is 228 Å². The third-order valence-corrected chi connectivity index (χ3v) is 7.33. The van der Waals surface area contributed by atoms with Crippen molar-refractivity contribution in [3.63, 3.8) is 0 Å². The monoisotopic (exact) mass is 588 g/mol. The molecule has 4 atom stereocenters. The van der Waals surface area contributed by atoms with Crippen molar-refractivity contribution in [3.05, 3.63) is 59.2 Å². The summed E-state index contributed by atoms with van der Waals surface area (Å²) < 4.78 is 60.8. The standard InChI is InChI=1S/C24H30F2N4O9S/c1-12(23(36)29-24(27)28)7-13-8-16(25)22(17(26)9-13)39-14-3-5-15(6-4-14)40(37,38)30(2)10-18(32)20(34)21(35)19(33)11-31/h3-9,18-21,31-35H,10-11H2,1-2H3,(H4,27,28,29,36)/b12-7+. The van der Waals surface area contributed by atoms with Gasteiger partial charge in [-0.15, -0.1) is 0 Å². The van der Waals surface area contributed by atoms with Gasteiger partial charge in [0, 0.05) is 19.2 Å². The number of aliphatic hydroxyl groups is 5. The number of aliphatic hydroxyl groups excluding tert-OH is 5. The first-order valence-corrected chi connectivity index (χ1v) is 12.9. The zero-order valence-corrected chi connectivity index (χ0v) is 22.2. The molecule has 0 aliphatic carbocycles. The molecule has 0 bridgehead atoms. The average Bonchev–Trinajstić information content (AvgIpc) is 2.89. The largest absolute Gasteiger partial charge is 0.451 e. The van der Waals surface area contributed by atoms with E-state index in [9.17, 15) is 42.4 Å². The Kier molecular flexibility index (Phi) is 11.2. The molecule has 0 saturated carbocycles. The maximum absolute atomic E-state index is 14.6. The molecule has 13 nitrogen and oxygen atoms in total. The van der Waals surface area contributed by atoms with Gasteiger partial charge in [0.25, 0.3) is 5.91 Å². The number of halogens is 2. The van der Waals surface area contributed by atoms with E-state index in [1.54, 1.807) is 0 Å². The van der Waals surface area contributed by atoms with Crippen molar-refractivity contribution >= 4 is 28.0 Å². The minimum atomic E-state index is -4.25. The minimum Gasteiger partial charge on any atom is -0.451 e. The molecule has 0 aliphatic rings. The Morgan fingerprint density at radius 1 is 1.05 bits per heavy atom. The molecule has 9 N–H and O–H groups in total. The quantitative estimate of drug-likeness (QED) is 0.0905. The summed E-state index contributed by atoms with van der Waals surface area (Å²) in [4.78, 5) is 14.8. The Balaban J connectivity index is 2.17. The number of sulfonamides is 1. The van der Waals surface area contributed by atoms with Crippen LogP contribution < -0.4 is 16.2 Å². The molecule has 1 amide bonds. The number of aliphatic imine (C=N–C) groups is 1. The van der Waals surface area contributed by atoms with Crippen LogP contribution in [0.2, 0.25) is 0 Å². The summed E-state index contributed by atoms with van der Waals surface area (Å²) in [5.41, 5.74) is 10.2. The van der Waals surface area contributed by atoms with E-state index in [1.165, 1.54) is 6.92 Å². The van der Waals surface area contributed by atoms with Crippen LogP contribution in [0, 0.1) is 11.6 Å². The van der Waals surface area contributed by atoms with Crippen LogP contribution in [0.15, 0.2) is 51.9 Å². The lowest BCUT2D eigenvalue weighted by atomic mass is 10.0. The van der Waals surface area contributed by atoms with Crippen LogP contribution in [0.3, 0.4) is 0 Å². The molecule has 0 saturated heterocycles. The fraction of sp³-hybridized carbons (Fsp3) is 0.333. The highest BCUT2D eigenvalue weighted by molar-refractivity contribution is 7.89. The Morgan fingerprint density at radius 3 is 2.08 bits per heavy atom. The van der Waals surface area contributed by atoms with E-state index in [0.717, 1.165) is 49.5 Å². The summed E-state index contributed by atoms with van der Waals surface area (Å²) in [6.45, 7) is -0.245. The average molecular weight is 589 g/mol. The van der Waals surface area contributed by atoms with Crippen LogP contribution >= 0.6 is 0 Å². The first kappa shape index (κ1) is 32.7. The number of guanidine groups is 1. The summed E-state index contributed by atoms with van der Waals surface area (Å²) in [5.74, 6) is -4.44. The fourth-order valence-corrected chi connectivity index (χ4v) is 4.48. The van der Waals surface area contributed by atoms with Crippen LogP contribution in [0.25, 0.3) is 6.08 Å². The summed E-state index contributed by atoms with van der Waals surface area (Å²) in [6.07, 6.45) is -6.33. The third kappa shape index (κ3) is 8.25. The summed E-state index contributed by atoms with van der Waals surface area (Å²) in [7, 11) is -3.17. The Hall–Kier alpha value is -3.51. The first-order chi connectivity index (χ1) is 18.6.